The van der Waals surface area contributed by atoms with Crippen LogP contribution < -0.4 is 4.74 Å². The minimum absolute atomic E-state index is 0.387. The molecule has 0 N–H and O–H groups in total. The second-order valence-electron chi connectivity index (χ2n) is 6.18. The van der Waals surface area contributed by atoms with Crippen LogP contribution in [0, 0.1) is 6.92 Å². The Hall–Kier alpha value is -2.88. The average Bonchev–Trinajstić information content (AvgIpc) is 3.36. The zero-order valence-corrected chi connectivity index (χ0v) is 13.5. The number of hydrogen-bond donors (Lipinski definition) is 0. The minimum Gasteiger partial charge on any atom is -0.422 e. The Morgan fingerprint density at radius 1 is 1.08 bits per heavy atom. The molecule has 1 heterocycles. The van der Waals surface area contributed by atoms with Crippen molar-refractivity contribution in [3.05, 3.63) is 77.6 Å². The molecule has 1 saturated carbocycles. The molecule has 0 amide bonds. The van der Waals surface area contributed by atoms with E-state index in [9.17, 15) is 4.79 Å². The fourth-order valence-electron chi connectivity index (χ4n) is 2.66. The summed E-state index contributed by atoms with van der Waals surface area (Å²) < 4.78 is 7.22. The van der Waals surface area contributed by atoms with Crippen LogP contribution in [-0.2, 0) is 0 Å². The van der Waals surface area contributed by atoms with Gasteiger partial charge in [0.1, 0.15) is 5.75 Å². The smallest absolute Gasteiger partial charge is 0.362 e. The molecule has 0 saturated heterocycles. The predicted molar refractivity (Wildman–Crippen MR) is 91.7 cm³/mol. The van der Waals surface area contributed by atoms with E-state index < -0.39 is 0 Å². The lowest BCUT2D eigenvalue weighted by atomic mass is 10.2. The van der Waals surface area contributed by atoms with Gasteiger partial charge in [-0.1, -0.05) is 35.9 Å². The van der Waals surface area contributed by atoms with Crippen molar-refractivity contribution in [1.29, 1.82) is 0 Å². The number of aryl methyl sites for hydroxylation is 1. The van der Waals surface area contributed by atoms with E-state index in [0.717, 1.165) is 29.8 Å². The predicted octanol–water partition coefficient (Wildman–Crippen LogP) is 4.28. The van der Waals surface area contributed by atoms with Crippen LogP contribution in [0.5, 0.6) is 5.75 Å². The van der Waals surface area contributed by atoms with Crippen LogP contribution in [0.15, 0.2) is 60.7 Å². The van der Waals surface area contributed by atoms with Crippen molar-refractivity contribution in [1.82, 2.24) is 9.78 Å². The number of ether oxygens (including phenoxy) is 1. The van der Waals surface area contributed by atoms with Crippen molar-refractivity contribution in [3.63, 3.8) is 0 Å². The monoisotopic (exact) mass is 318 g/mol. The quantitative estimate of drug-likeness (QED) is 0.533. The molecule has 2 aromatic carbocycles. The molecule has 0 bridgehead atoms. The van der Waals surface area contributed by atoms with Gasteiger partial charge in [0.2, 0.25) is 0 Å². The van der Waals surface area contributed by atoms with E-state index in [-0.39, 0.29) is 5.97 Å². The van der Waals surface area contributed by atoms with Gasteiger partial charge in [0.05, 0.1) is 11.4 Å². The molecule has 120 valence electrons. The maximum atomic E-state index is 12.7. The molecular formula is C20H18N2O2. The van der Waals surface area contributed by atoms with Crippen molar-refractivity contribution < 1.29 is 9.53 Å². The second kappa shape index (κ2) is 5.96. The van der Waals surface area contributed by atoms with Crippen molar-refractivity contribution >= 4 is 5.97 Å². The third-order valence-electron chi connectivity index (χ3n) is 4.17. The molecule has 1 aromatic heterocycles. The summed E-state index contributed by atoms with van der Waals surface area (Å²) in [4.78, 5) is 12.7. The van der Waals surface area contributed by atoms with Gasteiger partial charge in [0, 0.05) is 5.92 Å². The zero-order chi connectivity index (χ0) is 16.5. The highest BCUT2D eigenvalue weighted by Gasteiger charge is 2.29. The summed E-state index contributed by atoms with van der Waals surface area (Å²) in [6, 6.07) is 19.0. The maximum absolute atomic E-state index is 12.7. The summed E-state index contributed by atoms with van der Waals surface area (Å²) in [6.45, 7) is 2.00. The van der Waals surface area contributed by atoms with E-state index >= 15 is 0 Å². The molecule has 1 aliphatic carbocycles. The molecule has 3 aromatic rings. The van der Waals surface area contributed by atoms with Gasteiger partial charge < -0.3 is 4.74 Å². The van der Waals surface area contributed by atoms with Gasteiger partial charge in [0.15, 0.2) is 5.69 Å². The Kier molecular flexibility index (Phi) is 3.65. The summed E-state index contributed by atoms with van der Waals surface area (Å²) >= 11 is 0. The van der Waals surface area contributed by atoms with Gasteiger partial charge in [-0.2, -0.15) is 5.10 Å². The third kappa shape index (κ3) is 2.95. The van der Waals surface area contributed by atoms with E-state index in [2.05, 4.69) is 5.10 Å². The minimum atomic E-state index is -0.387. The number of carbonyl (C=O) groups excluding carboxylic acids is 1. The molecule has 0 spiro atoms. The number of para-hydroxylation sites is 1. The van der Waals surface area contributed by atoms with Crippen LogP contribution in [0.25, 0.3) is 5.69 Å². The third-order valence-corrected chi connectivity index (χ3v) is 4.17. The second-order valence-corrected chi connectivity index (χ2v) is 6.18. The molecule has 0 radical (unpaired) electrons. The Balaban J connectivity index is 1.68. The lowest BCUT2D eigenvalue weighted by Gasteiger charge is -2.07. The van der Waals surface area contributed by atoms with Gasteiger partial charge in [-0.25, -0.2) is 9.48 Å². The highest BCUT2D eigenvalue weighted by atomic mass is 16.5. The van der Waals surface area contributed by atoms with E-state index in [4.69, 9.17) is 4.74 Å². The largest absolute Gasteiger partial charge is 0.422 e. The normalized spacial score (nSPS) is 13.7. The fourth-order valence-corrected chi connectivity index (χ4v) is 2.66. The summed E-state index contributed by atoms with van der Waals surface area (Å²) in [5.74, 6) is 0.627. The molecule has 4 heteroatoms. The van der Waals surface area contributed by atoms with Gasteiger partial charge in [-0.3, -0.25) is 0 Å². The van der Waals surface area contributed by atoms with E-state index in [1.54, 1.807) is 16.8 Å². The number of benzene rings is 2. The Bertz CT molecular complexity index is 862. The topological polar surface area (TPSA) is 44.1 Å². The van der Waals surface area contributed by atoms with Crippen LogP contribution in [0.1, 0.15) is 40.5 Å². The van der Waals surface area contributed by atoms with Crippen LogP contribution >= 0.6 is 0 Å². The first-order valence-electron chi connectivity index (χ1n) is 8.15. The fraction of sp³-hybridized carbons (Fsp3) is 0.200. The van der Waals surface area contributed by atoms with Crippen LogP contribution in [-0.4, -0.2) is 15.7 Å². The number of aromatic nitrogens is 2. The van der Waals surface area contributed by atoms with Crippen molar-refractivity contribution in [2.24, 2.45) is 0 Å². The van der Waals surface area contributed by atoms with Crippen molar-refractivity contribution in [2.75, 3.05) is 0 Å². The van der Waals surface area contributed by atoms with Crippen LogP contribution in [0.3, 0.4) is 0 Å². The first kappa shape index (κ1) is 14.7. The molecule has 0 unspecified atom stereocenters. The number of nitrogens with zero attached hydrogens (tertiary/aromatic N) is 2. The molecule has 4 nitrogen and oxygen atoms in total. The van der Waals surface area contributed by atoms with Gasteiger partial charge >= 0.3 is 5.97 Å². The summed E-state index contributed by atoms with van der Waals surface area (Å²) in [6.07, 6.45) is 2.27. The molecule has 1 aliphatic rings. The number of carbonyl (C=O) groups is 1. The Labute approximate surface area is 140 Å². The molecule has 24 heavy (non-hydrogen) atoms. The lowest BCUT2D eigenvalue weighted by molar-refractivity contribution is 0.0725. The van der Waals surface area contributed by atoms with Crippen LogP contribution in [0.2, 0.25) is 0 Å². The molecule has 4 rings (SSSR count). The summed E-state index contributed by atoms with van der Waals surface area (Å²) in [7, 11) is 0. The lowest BCUT2D eigenvalue weighted by Crippen LogP contribution is -2.14. The van der Waals surface area contributed by atoms with Crippen LogP contribution in [0.4, 0.5) is 0 Å². The van der Waals surface area contributed by atoms with E-state index in [1.807, 2.05) is 55.5 Å². The molecule has 0 aliphatic heterocycles. The first-order chi connectivity index (χ1) is 11.7. The van der Waals surface area contributed by atoms with Gasteiger partial charge in [0.25, 0.3) is 0 Å². The standard InChI is InChI=1S/C20H18N2O2/c1-14-7-11-17(12-8-14)24-20(23)19-13-18(15-9-10-15)21-22(19)16-5-3-2-4-6-16/h2-8,11-13,15H,9-10H2,1H3. The number of esters is 1. The molecular weight excluding hydrogens is 300 g/mol. The van der Waals surface area contributed by atoms with Crippen molar-refractivity contribution in [2.45, 2.75) is 25.7 Å². The van der Waals surface area contributed by atoms with Crippen molar-refractivity contribution in [3.8, 4) is 11.4 Å². The summed E-state index contributed by atoms with van der Waals surface area (Å²) in [5, 5.41) is 4.64. The maximum Gasteiger partial charge on any atom is 0.362 e. The van der Waals surface area contributed by atoms with E-state index in [0.29, 0.717) is 17.4 Å². The van der Waals surface area contributed by atoms with Gasteiger partial charge in [-0.05, 0) is 50.1 Å². The number of hydrogen-bond acceptors (Lipinski definition) is 3. The highest BCUT2D eigenvalue weighted by molar-refractivity contribution is 5.90. The average molecular weight is 318 g/mol. The van der Waals surface area contributed by atoms with E-state index in [1.165, 1.54) is 0 Å². The zero-order valence-electron chi connectivity index (χ0n) is 13.5. The number of rotatable bonds is 4. The first-order valence-corrected chi connectivity index (χ1v) is 8.15. The van der Waals surface area contributed by atoms with Gasteiger partial charge in [-0.15, -0.1) is 0 Å². The Morgan fingerprint density at radius 2 is 1.79 bits per heavy atom. The summed E-state index contributed by atoms with van der Waals surface area (Å²) in [5.41, 5.74) is 3.42. The molecule has 0 atom stereocenters. The SMILES string of the molecule is Cc1ccc(OC(=O)c2cc(C3CC3)nn2-c2ccccc2)cc1. The highest BCUT2D eigenvalue weighted by Crippen LogP contribution is 2.39. The Morgan fingerprint density at radius 3 is 2.46 bits per heavy atom. The molecule has 1 fully saturated rings.